The summed E-state index contributed by atoms with van der Waals surface area (Å²) < 4.78 is 16.0. The number of likely N-dealkylation sites (tertiary alicyclic amines) is 1. The first-order chi connectivity index (χ1) is 11.1. The highest BCUT2D eigenvalue weighted by molar-refractivity contribution is 5.77. The molecule has 6 nitrogen and oxygen atoms in total. The van der Waals surface area contributed by atoms with Crippen LogP contribution >= 0.6 is 0 Å². The Morgan fingerprint density at radius 3 is 2.39 bits per heavy atom. The number of carbonyl (C=O) groups is 1. The number of ether oxygens (including phenoxy) is 3. The van der Waals surface area contributed by atoms with Crippen LogP contribution in [0.4, 0.5) is 0 Å². The van der Waals surface area contributed by atoms with Gasteiger partial charge in [-0.2, -0.15) is 0 Å². The lowest BCUT2D eigenvalue weighted by Gasteiger charge is -2.23. The van der Waals surface area contributed by atoms with E-state index in [9.17, 15) is 4.79 Å². The molecule has 1 amide bonds. The van der Waals surface area contributed by atoms with Crippen LogP contribution in [0.3, 0.4) is 0 Å². The number of nitrogens with two attached hydrogens (primary N) is 1. The van der Waals surface area contributed by atoms with Gasteiger partial charge in [0.25, 0.3) is 0 Å². The molecule has 6 heteroatoms. The smallest absolute Gasteiger partial charge is 0.223 e. The Morgan fingerprint density at radius 2 is 1.87 bits per heavy atom. The topological polar surface area (TPSA) is 74.0 Å². The predicted octanol–water partition coefficient (Wildman–Crippen LogP) is 1.59. The molecule has 0 aliphatic carbocycles. The average Bonchev–Trinajstić information content (AvgIpc) is 3.07. The Labute approximate surface area is 137 Å². The fourth-order valence-electron chi connectivity index (χ4n) is 3.08. The van der Waals surface area contributed by atoms with Gasteiger partial charge in [-0.3, -0.25) is 4.79 Å². The van der Waals surface area contributed by atoms with E-state index in [2.05, 4.69) is 0 Å². The fourth-order valence-corrected chi connectivity index (χ4v) is 3.08. The van der Waals surface area contributed by atoms with Crippen LogP contribution in [0.25, 0.3) is 0 Å². The van der Waals surface area contributed by atoms with E-state index in [0.29, 0.717) is 36.6 Å². The average molecular weight is 322 g/mol. The van der Waals surface area contributed by atoms with Gasteiger partial charge in [-0.15, -0.1) is 0 Å². The summed E-state index contributed by atoms with van der Waals surface area (Å²) in [6.07, 6.45) is 3.13. The summed E-state index contributed by atoms with van der Waals surface area (Å²) in [5.74, 6) is 1.94. The summed E-state index contributed by atoms with van der Waals surface area (Å²) >= 11 is 0. The van der Waals surface area contributed by atoms with E-state index in [1.807, 2.05) is 17.0 Å². The van der Waals surface area contributed by atoms with Gasteiger partial charge in [0.05, 0.1) is 21.3 Å². The SMILES string of the molecule is COc1cc(CCC(=O)N2CCCC2CN)cc(OC)c1OC. The Hall–Kier alpha value is -1.95. The molecule has 0 saturated carbocycles. The molecule has 1 aliphatic rings. The van der Waals surface area contributed by atoms with Crippen LogP contribution in [-0.2, 0) is 11.2 Å². The zero-order chi connectivity index (χ0) is 16.8. The van der Waals surface area contributed by atoms with Crippen molar-refractivity contribution in [3.63, 3.8) is 0 Å². The minimum Gasteiger partial charge on any atom is -0.493 e. The van der Waals surface area contributed by atoms with Crippen LogP contribution in [0.5, 0.6) is 17.2 Å². The van der Waals surface area contributed by atoms with Crippen molar-refractivity contribution in [2.75, 3.05) is 34.4 Å². The van der Waals surface area contributed by atoms with Gasteiger partial charge < -0.3 is 24.8 Å². The summed E-state index contributed by atoms with van der Waals surface area (Å²) in [5.41, 5.74) is 6.72. The number of amides is 1. The van der Waals surface area contributed by atoms with E-state index in [1.54, 1.807) is 21.3 Å². The molecule has 0 spiro atoms. The van der Waals surface area contributed by atoms with Crippen molar-refractivity contribution >= 4 is 5.91 Å². The number of methoxy groups -OCH3 is 3. The molecular formula is C17H26N2O4. The van der Waals surface area contributed by atoms with E-state index in [-0.39, 0.29) is 11.9 Å². The zero-order valence-electron chi connectivity index (χ0n) is 14.1. The third-order valence-corrected chi connectivity index (χ3v) is 4.32. The predicted molar refractivity (Wildman–Crippen MR) is 88.2 cm³/mol. The van der Waals surface area contributed by atoms with Crippen molar-refractivity contribution in [1.29, 1.82) is 0 Å². The van der Waals surface area contributed by atoms with Crippen molar-refractivity contribution in [2.24, 2.45) is 5.73 Å². The molecule has 0 aromatic heterocycles. The lowest BCUT2D eigenvalue weighted by molar-refractivity contribution is -0.131. The highest BCUT2D eigenvalue weighted by Gasteiger charge is 2.27. The monoisotopic (exact) mass is 322 g/mol. The first kappa shape index (κ1) is 17.4. The number of hydrogen-bond donors (Lipinski definition) is 1. The van der Waals surface area contributed by atoms with Gasteiger partial charge in [0.15, 0.2) is 11.5 Å². The van der Waals surface area contributed by atoms with E-state index >= 15 is 0 Å². The van der Waals surface area contributed by atoms with Crippen molar-refractivity contribution in [3.05, 3.63) is 17.7 Å². The van der Waals surface area contributed by atoms with E-state index < -0.39 is 0 Å². The number of hydrogen-bond acceptors (Lipinski definition) is 5. The molecule has 1 aromatic rings. The largest absolute Gasteiger partial charge is 0.493 e. The number of aryl methyl sites for hydroxylation is 1. The number of benzene rings is 1. The molecule has 1 atom stereocenters. The molecule has 1 saturated heterocycles. The van der Waals surface area contributed by atoms with Gasteiger partial charge in [0, 0.05) is 25.6 Å². The molecule has 1 unspecified atom stereocenters. The maximum absolute atomic E-state index is 12.4. The first-order valence-corrected chi connectivity index (χ1v) is 7.93. The van der Waals surface area contributed by atoms with Crippen molar-refractivity contribution in [2.45, 2.75) is 31.7 Å². The quantitative estimate of drug-likeness (QED) is 0.825. The molecule has 2 rings (SSSR count). The Morgan fingerprint density at radius 1 is 1.22 bits per heavy atom. The van der Waals surface area contributed by atoms with Crippen LogP contribution < -0.4 is 19.9 Å². The second kappa shape index (κ2) is 8.06. The summed E-state index contributed by atoms with van der Waals surface area (Å²) in [4.78, 5) is 14.3. The van der Waals surface area contributed by atoms with Crippen molar-refractivity contribution in [3.8, 4) is 17.2 Å². The van der Waals surface area contributed by atoms with Gasteiger partial charge in [0.2, 0.25) is 11.7 Å². The molecule has 2 N–H and O–H groups in total. The number of rotatable bonds is 7. The Balaban J connectivity index is 2.07. The molecule has 128 valence electrons. The third-order valence-electron chi connectivity index (χ3n) is 4.32. The molecule has 1 aromatic carbocycles. The maximum atomic E-state index is 12.4. The summed E-state index contributed by atoms with van der Waals surface area (Å²) in [6, 6.07) is 3.97. The van der Waals surface area contributed by atoms with Crippen LogP contribution in [-0.4, -0.2) is 51.3 Å². The van der Waals surface area contributed by atoms with Gasteiger partial charge in [-0.1, -0.05) is 0 Å². The van der Waals surface area contributed by atoms with Crippen LogP contribution in [0.15, 0.2) is 12.1 Å². The molecule has 23 heavy (non-hydrogen) atoms. The minimum absolute atomic E-state index is 0.159. The van der Waals surface area contributed by atoms with E-state index in [4.69, 9.17) is 19.9 Å². The molecule has 0 bridgehead atoms. The Kier molecular flexibility index (Phi) is 6.10. The number of nitrogens with zero attached hydrogens (tertiary/aromatic N) is 1. The van der Waals surface area contributed by atoms with Gasteiger partial charge >= 0.3 is 0 Å². The maximum Gasteiger partial charge on any atom is 0.223 e. The summed E-state index contributed by atoms with van der Waals surface area (Å²) in [7, 11) is 4.74. The molecular weight excluding hydrogens is 296 g/mol. The van der Waals surface area contributed by atoms with Gasteiger partial charge in [-0.05, 0) is 37.0 Å². The lowest BCUT2D eigenvalue weighted by atomic mass is 10.1. The number of carbonyl (C=O) groups excluding carboxylic acids is 1. The standard InChI is InChI=1S/C17H26N2O4/c1-21-14-9-12(10-15(22-2)17(14)23-3)6-7-16(20)19-8-4-5-13(19)11-18/h9-10,13H,4-8,11,18H2,1-3H3. The van der Waals surface area contributed by atoms with Crippen LogP contribution in [0.2, 0.25) is 0 Å². The second-order valence-electron chi connectivity index (χ2n) is 5.65. The molecule has 0 radical (unpaired) electrons. The van der Waals surface area contributed by atoms with Gasteiger partial charge in [0.1, 0.15) is 0 Å². The normalized spacial score (nSPS) is 17.2. The van der Waals surface area contributed by atoms with E-state index in [1.165, 1.54) is 0 Å². The highest BCUT2D eigenvalue weighted by atomic mass is 16.5. The molecule has 1 aliphatic heterocycles. The van der Waals surface area contributed by atoms with Gasteiger partial charge in [-0.25, -0.2) is 0 Å². The van der Waals surface area contributed by atoms with Crippen molar-refractivity contribution < 1.29 is 19.0 Å². The van der Waals surface area contributed by atoms with E-state index in [0.717, 1.165) is 24.9 Å². The molecule has 1 fully saturated rings. The van der Waals surface area contributed by atoms with Crippen molar-refractivity contribution in [1.82, 2.24) is 4.90 Å². The minimum atomic E-state index is 0.159. The lowest BCUT2D eigenvalue weighted by Crippen LogP contribution is -2.39. The second-order valence-corrected chi connectivity index (χ2v) is 5.65. The molecule has 1 heterocycles. The Bertz CT molecular complexity index is 522. The van der Waals surface area contributed by atoms with Crippen LogP contribution in [0, 0.1) is 0 Å². The summed E-state index contributed by atoms with van der Waals surface area (Å²) in [6.45, 7) is 1.35. The fraction of sp³-hybridized carbons (Fsp3) is 0.588. The third kappa shape index (κ3) is 3.88. The summed E-state index contributed by atoms with van der Waals surface area (Å²) in [5, 5.41) is 0. The first-order valence-electron chi connectivity index (χ1n) is 7.93. The van der Waals surface area contributed by atoms with Crippen LogP contribution in [0.1, 0.15) is 24.8 Å². The zero-order valence-corrected chi connectivity index (χ0v) is 14.1. The highest BCUT2D eigenvalue weighted by Crippen LogP contribution is 2.38.